The van der Waals surface area contributed by atoms with E-state index in [4.69, 9.17) is 4.99 Å². The number of nitrogens with one attached hydrogen (secondary N) is 2. The first kappa shape index (κ1) is 20.9. The highest BCUT2D eigenvalue weighted by Gasteiger charge is 2.02. The highest BCUT2D eigenvalue weighted by molar-refractivity contribution is 14.0. The summed E-state index contributed by atoms with van der Waals surface area (Å²) >= 11 is 0. The summed E-state index contributed by atoms with van der Waals surface area (Å²) in [7, 11) is 0. The number of aromatic nitrogens is 1. The van der Waals surface area contributed by atoms with E-state index in [2.05, 4.69) is 46.8 Å². The second-order valence-electron chi connectivity index (χ2n) is 6.27. The molecule has 0 spiro atoms. The van der Waals surface area contributed by atoms with E-state index in [9.17, 15) is 0 Å². The van der Waals surface area contributed by atoms with Gasteiger partial charge in [0.2, 0.25) is 0 Å². The number of aryl methyl sites for hydroxylation is 2. The van der Waals surface area contributed by atoms with Crippen LogP contribution in [0.3, 0.4) is 0 Å². The van der Waals surface area contributed by atoms with Crippen molar-refractivity contribution in [3.63, 3.8) is 0 Å². The predicted molar refractivity (Wildman–Crippen MR) is 124 cm³/mol. The SMILES string of the molecule is Cc1ccc(CN=C(NCc2cccc(C)n2)Nc2ccccc2)cc1.I. The molecule has 0 bridgehead atoms. The third kappa shape index (κ3) is 7.02. The maximum Gasteiger partial charge on any atom is 0.196 e. The molecule has 0 amide bonds. The minimum atomic E-state index is 0. The molecule has 1 aromatic heterocycles. The lowest BCUT2D eigenvalue weighted by molar-refractivity contribution is 0.852. The lowest BCUT2D eigenvalue weighted by atomic mass is 10.1. The van der Waals surface area contributed by atoms with Gasteiger partial charge in [0.05, 0.1) is 18.8 Å². The van der Waals surface area contributed by atoms with Crippen LogP contribution in [0.5, 0.6) is 0 Å². The Morgan fingerprint density at radius 2 is 1.63 bits per heavy atom. The first-order valence-corrected chi connectivity index (χ1v) is 8.77. The van der Waals surface area contributed by atoms with Gasteiger partial charge >= 0.3 is 0 Å². The first-order valence-electron chi connectivity index (χ1n) is 8.77. The second kappa shape index (κ2) is 10.7. The average molecular weight is 472 g/mol. The van der Waals surface area contributed by atoms with Crippen LogP contribution in [0, 0.1) is 13.8 Å². The predicted octanol–water partition coefficient (Wildman–Crippen LogP) is 5.07. The molecule has 0 unspecified atom stereocenters. The number of para-hydroxylation sites is 1. The van der Waals surface area contributed by atoms with Gasteiger partial charge in [0.25, 0.3) is 0 Å². The molecular formula is C22H25IN4. The van der Waals surface area contributed by atoms with Crippen molar-refractivity contribution in [2.45, 2.75) is 26.9 Å². The van der Waals surface area contributed by atoms with E-state index in [1.807, 2.05) is 55.5 Å². The molecule has 1 heterocycles. The number of aliphatic imine (C=N–C) groups is 1. The molecule has 0 radical (unpaired) electrons. The van der Waals surface area contributed by atoms with Crippen molar-refractivity contribution in [1.29, 1.82) is 0 Å². The van der Waals surface area contributed by atoms with Crippen molar-refractivity contribution < 1.29 is 0 Å². The zero-order chi connectivity index (χ0) is 18.2. The Hall–Kier alpha value is -2.41. The van der Waals surface area contributed by atoms with Gasteiger partial charge in [-0.15, -0.1) is 24.0 Å². The third-order valence-electron chi connectivity index (χ3n) is 3.96. The van der Waals surface area contributed by atoms with Crippen LogP contribution in [0.2, 0.25) is 0 Å². The number of rotatable bonds is 5. The smallest absolute Gasteiger partial charge is 0.196 e. The van der Waals surface area contributed by atoms with E-state index >= 15 is 0 Å². The van der Waals surface area contributed by atoms with Gasteiger partial charge in [0, 0.05) is 11.4 Å². The van der Waals surface area contributed by atoms with Crippen LogP contribution < -0.4 is 10.6 Å². The van der Waals surface area contributed by atoms with E-state index in [-0.39, 0.29) is 24.0 Å². The maximum atomic E-state index is 4.72. The Balaban J connectivity index is 0.00000261. The van der Waals surface area contributed by atoms with Crippen LogP contribution in [-0.4, -0.2) is 10.9 Å². The molecule has 0 atom stereocenters. The average Bonchev–Trinajstić information content (AvgIpc) is 2.66. The van der Waals surface area contributed by atoms with Crippen molar-refractivity contribution in [2.24, 2.45) is 4.99 Å². The fourth-order valence-electron chi connectivity index (χ4n) is 2.53. The molecule has 0 fully saturated rings. The van der Waals surface area contributed by atoms with Crippen molar-refractivity contribution >= 4 is 35.6 Å². The van der Waals surface area contributed by atoms with E-state index in [1.54, 1.807) is 0 Å². The largest absolute Gasteiger partial charge is 0.350 e. The van der Waals surface area contributed by atoms with Gasteiger partial charge in [0.15, 0.2) is 5.96 Å². The Morgan fingerprint density at radius 1 is 0.889 bits per heavy atom. The number of guanidine groups is 1. The first-order chi connectivity index (χ1) is 12.7. The molecule has 0 saturated carbocycles. The van der Waals surface area contributed by atoms with Gasteiger partial charge in [-0.3, -0.25) is 4.98 Å². The van der Waals surface area contributed by atoms with Crippen LogP contribution >= 0.6 is 24.0 Å². The highest BCUT2D eigenvalue weighted by Crippen LogP contribution is 2.07. The van der Waals surface area contributed by atoms with Crippen molar-refractivity contribution in [3.05, 3.63) is 95.3 Å². The van der Waals surface area contributed by atoms with Gasteiger partial charge in [-0.2, -0.15) is 0 Å². The fourth-order valence-corrected chi connectivity index (χ4v) is 2.53. The maximum absolute atomic E-state index is 4.72. The van der Waals surface area contributed by atoms with Gasteiger partial charge in [0.1, 0.15) is 0 Å². The number of anilines is 1. The fraction of sp³-hybridized carbons (Fsp3) is 0.182. The third-order valence-corrected chi connectivity index (χ3v) is 3.96. The number of nitrogens with zero attached hydrogens (tertiary/aromatic N) is 2. The van der Waals surface area contributed by atoms with Crippen LogP contribution in [-0.2, 0) is 13.1 Å². The number of pyridine rings is 1. The highest BCUT2D eigenvalue weighted by atomic mass is 127. The van der Waals surface area contributed by atoms with Crippen LogP contribution in [0.25, 0.3) is 0 Å². The van der Waals surface area contributed by atoms with Crippen LogP contribution in [0.4, 0.5) is 5.69 Å². The molecule has 2 aromatic carbocycles. The molecule has 5 heteroatoms. The molecule has 3 rings (SSSR count). The van der Waals surface area contributed by atoms with Gasteiger partial charge < -0.3 is 10.6 Å². The van der Waals surface area contributed by atoms with Crippen molar-refractivity contribution in [1.82, 2.24) is 10.3 Å². The summed E-state index contributed by atoms with van der Waals surface area (Å²) in [5.41, 5.74) is 5.43. The Labute approximate surface area is 178 Å². The van der Waals surface area contributed by atoms with Crippen LogP contribution in [0.15, 0.2) is 77.8 Å². The van der Waals surface area contributed by atoms with Gasteiger partial charge in [-0.1, -0.05) is 54.1 Å². The minimum absolute atomic E-state index is 0. The summed E-state index contributed by atoms with van der Waals surface area (Å²) in [5.74, 6) is 0.736. The molecule has 0 aliphatic carbocycles. The van der Waals surface area contributed by atoms with E-state index in [0.717, 1.165) is 23.0 Å². The molecular weight excluding hydrogens is 447 g/mol. The lowest BCUT2D eigenvalue weighted by Crippen LogP contribution is -2.30. The Morgan fingerprint density at radius 3 is 2.33 bits per heavy atom. The number of hydrogen-bond acceptors (Lipinski definition) is 2. The molecule has 140 valence electrons. The zero-order valence-electron chi connectivity index (χ0n) is 15.6. The molecule has 0 saturated heterocycles. The summed E-state index contributed by atoms with van der Waals surface area (Å²) in [5, 5.41) is 6.73. The molecule has 2 N–H and O–H groups in total. The lowest BCUT2D eigenvalue weighted by Gasteiger charge is -2.13. The van der Waals surface area contributed by atoms with E-state index in [1.165, 1.54) is 11.1 Å². The monoisotopic (exact) mass is 472 g/mol. The van der Waals surface area contributed by atoms with Crippen molar-refractivity contribution in [2.75, 3.05) is 5.32 Å². The Bertz CT molecular complexity index is 861. The topological polar surface area (TPSA) is 49.3 Å². The standard InChI is InChI=1S/C22H24N4.HI/c1-17-11-13-19(14-12-17)15-23-22(26-20-8-4-3-5-9-20)24-16-21-10-6-7-18(2)25-21;/h3-14H,15-16H2,1-2H3,(H2,23,24,26);1H. The van der Waals surface area contributed by atoms with E-state index in [0.29, 0.717) is 13.1 Å². The molecule has 3 aromatic rings. The van der Waals surface area contributed by atoms with Gasteiger partial charge in [-0.25, -0.2) is 4.99 Å². The second-order valence-corrected chi connectivity index (χ2v) is 6.27. The summed E-state index contributed by atoms with van der Waals surface area (Å²) in [6.45, 7) is 5.32. The normalized spacial score (nSPS) is 10.8. The number of benzene rings is 2. The Kier molecular flexibility index (Phi) is 8.26. The number of halogens is 1. The van der Waals surface area contributed by atoms with Crippen LogP contribution in [0.1, 0.15) is 22.5 Å². The summed E-state index contributed by atoms with van der Waals surface area (Å²) in [6, 6.07) is 24.5. The molecule has 27 heavy (non-hydrogen) atoms. The van der Waals surface area contributed by atoms with Gasteiger partial charge in [-0.05, 0) is 43.7 Å². The quantitative estimate of drug-likeness (QED) is 0.310. The van der Waals surface area contributed by atoms with Crippen molar-refractivity contribution in [3.8, 4) is 0 Å². The molecule has 4 nitrogen and oxygen atoms in total. The molecule has 0 aliphatic rings. The number of hydrogen-bond donors (Lipinski definition) is 2. The zero-order valence-corrected chi connectivity index (χ0v) is 18.0. The summed E-state index contributed by atoms with van der Waals surface area (Å²) < 4.78 is 0. The summed E-state index contributed by atoms with van der Waals surface area (Å²) in [6.07, 6.45) is 0. The summed E-state index contributed by atoms with van der Waals surface area (Å²) in [4.78, 5) is 9.26. The van der Waals surface area contributed by atoms with E-state index < -0.39 is 0 Å². The molecule has 0 aliphatic heterocycles. The minimum Gasteiger partial charge on any atom is -0.350 e.